The van der Waals surface area contributed by atoms with Gasteiger partial charge < -0.3 is 19.9 Å². The molecule has 0 aliphatic carbocycles. The minimum Gasteiger partial charge on any atom is -0.465 e. The molecule has 0 spiro atoms. The average molecular weight is 431 g/mol. The molecule has 1 aliphatic heterocycles. The van der Waals surface area contributed by atoms with E-state index in [0.29, 0.717) is 42.4 Å². The smallest absolute Gasteiger partial charge is 0.350 e. The molecule has 0 unspecified atom stereocenters. The van der Waals surface area contributed by atoms with E-state index in [1.165, 1.54) is 30.0 Å². The maximum absolute atomic E-state index is 12.9. The first-order chi connectivity index (χ1) is 14.1. The van der Waals surface area contributed by atoms with Crippen molar-refractivity contribution < 1.29 is 19.1 Å². The maximum atomic E-state index is 12.9. The quantitative estimate of drug-likeness (QED) is 0.645. The second-order valence-corrected chi connectivity index (χ2v) is 8.11. The monoisotopic (exact) mass is 430 g/mol. The van der Waals surface area contributed by atoms with Crippen LogP contribution in [0.4, 0.5) is 10.5 Å². The third-order valence-electron chi connectivity index (χ3n) is 4.71. The Morgan fingerprint density at radius 1 is 1.07 bits per heavy atom. The normalized spacial score (nSPS) is 14.1. The molecule has 1 N–H and O–H groups in total. The summed E-state index contributed by atoms with van der Waals surface area (Å²) in [4.78, 5) is 40.9. The van der Waals surface area contributed by atoms with E-state index in [-0.39, 0.29) is 11.9 Å². The van der Waals surface area contributed by atoms with Crippen LogP contribution in [-0.2, 0) is 4.74 Å². The van der Waals surface area contributed by atoms with E-state index in [9.17, 15) is 14.4 Å². The summed E-state index contributed by atoms with van der Waals surface area (Å²) < 4.78 is 10.0. The number of hydrogen-bond acceptors (Lipinski definition) is 7. The molecule has 1 aromatic carbocycles. The number of benzene rings is 1. The summed E-state index contributed by atoms with van der Waals surface area (Å²) in [6.45, 7) is 1.64. The molecule has 0 atom stereocenters. The van der Waals surface area contributed by atoms with Crippen molar-refractivity contribution in [3.8, 4) is 0 Å². The van der Waals surface area contributed by atoms with Crippen LogP contribution in [-0.4, -0.2) is 65.4 Å². The predicted octanol–water partition coefficient (Wildman–Crippen LogP) is 3.13. The predicted molar refractivity (Wildman–Crippen MR) is 112 cm³/mol. The van der Waals surface area contributed by atoms with Gasteiger partial charge in [-0.1, -0.05) is 18.2 Å². The van der Waals surface area contributed by atoms with E-state index < -0.39 is 5.97 Å². The van der Waals surface area contributed by atoms with Gasteiger partial charge in [0.25, 0.3) is 5.91 Å². The molecule has 1 saturated heterocycles. The van der Waals surface area contributed by atoms with Crippen molar-refractivity contribution in [3.63, 3.8) is 0 Å². The second kappa shape index (κ2) is 8.18. The van der Waals surface area contributed by atoms with Gasteiger partial charge in [-0.2, -0.15) is 4.37 Å². The highest BCUT2D eigenvalue weighted by Crippen LogP contribution is 2.25. The zero-order chi connectivity index (χ0) is 20.4. The van der Waals surface area contributed by atoms with Gasteiger partial charge in [-0.15, -0.1) is 11.3 Å². The highest BCUT2D eigenvalue weighted by atomic mass is 32.1. The van der Waals surface area contributed by atoms with Crippen molar-refractivity contribution in [2.75, 3.05) is 38.6 Å². The number of rotatable bonds is 3. The SMILES string of the molecule is COC(=O)c1sccc1NC(=O)N1CCN(C(=O)c2nsc3ccccc23)CC1. The first-order valence-electron chi connectivity index (χ1n) is 8.94. The number of carbonyl (C=O) groups is 3. The van der Waals surface area contributed by atoms with Crippen molar-refractivity contribution in [2.45, 2.75) is 0 Å². The van der Waals surface area contributed by atoms with Crippen molar-refractivity contribution in [1.29, 1.82) is 0 Å². The van der Waals surface area contributed by atoms with Crippen LogP contribution < -0.4 is 5.32 Å². The lowest BCUT2D eigenvalue weighted by atomic mass is 10.2. The zero-order valence-electron chi connectivity index (χ0n) is 15.6. The van der Waals surface area contributed by atoms with E-state index in [0.717, 1.165) is 10.1 Å². The molecule has 3 heterocycles. The van der Waals surface area contributed by atoms with E-state index in [1.54, 1.807) is 21.2 Å². The molecule has 2 aromatic heterocycles. The number of hydrogen-bond donors (Lipinski definition) is 1. The van der Waals surface area contributed by atoms with Crippen LogP contribution in [0.5, 0.6) is 0 Å². The Morgan fingerprint density at radius 2 is 1.79 bits per heavy atom. The average Bonchev–Trinajstić information content (AvgIpc) is 3.39. The Balaban J connectivity index is 1.38. The fraction of sp³-hybridized carbons (Fsp3) is 0.263. The minimum atomic E-state index is -0.485. The van der Waals surface area contributed by atoms with Gasteiger partial charge in [-0.3, -0.25) is 4.79 Å². The number of piperazine rings is 1. The highest BCUT2D eigenvalue weighted by molar-refractivity contribution is 7.13. The Morgan fingerprint density at radius 3 is 2.55 bits per heavy atom. The second-order valence-electron chi connectivity index (χ2n) is 6.39. The number of anilines is 1. The Kier molecular flexibility index (Phi) is 5.45. The van der Waals surface area contributed by atoms with Crippen LogP contribution in [0.25, 0.3) is 10.1 Å². The topological polar surface area (TPSA) is 91.8 Å². The molecule has 3 aromatic rings. The number of ether oxygens (including phenoxy) is 1. The number of thiophene rings is 1. The summed E-state index contributed by atoms with van der Waals surface area (Å²) in [5.74, 6) is -0.602. The summed E-state index contributed by atoms with van der Waals surface area (Å²) in [6, 6.07) is 9.02. The molecule has 150 valence electrons. The van der Waals surface area contributed by atoms with Gasteiger partial charge >= 0.3 is 12.0 Å². The number of urea groups is 1. The largest absolute Gasteiger partial charge is 0.465 e. The van der Waals surface area contributed by atoms with Crippen LogP contribution in [0.2, 0.25) is 0 Å². The number of aromatic nitrogens is 1. The van der Waals surface area contributed by atoms with Crippen LogP contribution in [0, 0.1) is 0 Å². The standard InChI is InChI=1S/C19H18N4O4S2/c1-27-18(25)16-13(6-11-28-16)20-19(26)23-9-7-22(8-10-23)17(24)15-12-4-2-3-5-14(12)29-21-15/h2-6,11H,7-10H2,1H3,(H,20,26). The highest BCUT2D eigenvalue weighted by Gasteiger charge is 2.28. The fourth-order valence-corrected chi connectivity index (χ4v) is 4.69. The first kappa shape index (κ1) is 19.3. The fourth-order valence-electron chi connectivity index (χ4n) is 3.16. The number of nitrogens with one attached hydrogen (secondary N) is 1. The Hall–Kier alpha value is -2.98. The van der Waals surface area contributed by atoms with Gasteiger partial charge in [0, 0.05) is 31.6 Å². The van der Waals surface area contributed by atoms with Gasteiger partial charge in [-0.25, -0.2) is 9.59 Å². The maximum Gasteiger partial charge on any atom is 0.350 e. The lowest BCUT2D eigenvalue weighted by Gasteiger charge is -2.34. The lowest BCUT2D eigenvalue weighted by molar-refractivity contribution is 0.0606. The van der Waals surface area contributed by atoms with E-state index in [1.807, 2.05) is 24.3 Å². The molecule has 4 rings (SSSR count). The third-order valence-corrected chi connectivity index (χ3v) is 6.43. The molecule has 0 bridgehead atoms. The molecule has 10 heteroatoms. The van der Waals surface area contributed by atoms with Crippen molar-refractivity contribution in [2.24, 2.45) is 0 Å². The van der Waals surface area contributed by atoms with E-state index in [4.69, 9.17) is 4.74 Å². The lowest BCUT2D eigenvalue weighted by Crippen LogP contribution is -2.51. The van der Waals surface area contributed by atoms with E-state index in [2.05, 4.69) is 9.69 Å². The van der Waals surface area contributed by atoms with Gasteiger partial charge in [0.1, 0.15) is 10.6 Å². The Labute approximate surface area is 174 Å². The summed E-state index contributed by atoms with van der Waals surface area (Å²) in [5, 5.41) is 5.33. The Bertz CT molecular complexity index is 1070. The number of esters is 1. The van der Waals surface area contributed by atoms with Crippen LogP contribution >= 0.6 is 22.9 Å². The van der Waals surface area contributed by atoms with Crippen molar-refractivity contribution in [1.82, 2.24) is 14.2 Å². The summed E-state index contributed by atoms with van der Waals surface area (Å²) >= 11 is 2.52. The van der Waals surface area contributed by atoms with Gasteiger partial charge in [0.05, 0.1) is 17.5 Å². The molecule has 0 radical (unpaired) electrons. The zero-order valence-corrected chi connectivity index (χ0v) is 17.2. The molecule has 0 saturated carbocycles. The first-order valence-corrected chi connectivity index (χ1v) is 10.6. The molecular weight excluding hydrogens is 412 g/mol. The van der Waals surface area contributed by atoms with Crippen LogP contribution in [0.1, 0.15) is 20.2 Å². The summed E-state index contributed by atoms with van der Waals surface area (Å²) in [7, 11) is 1.30. The third kappa shape index (κ3) is 3.81. The molecule has 3 amide bonds. The number of methoxy groups -OCH3 is 1. The number of carbonyl (C=O) groups excluding carboxylic acids is 3. The van der Waals surface area contributed by atoms with Crippen molar-refractivity contribution in [3.05, 3.63) is 46.3 Å². The van der Waals surface area contributed by atoms with Gasteiger partial charge in [0.2, 0.25) is 0 Å². The summed E-state index contributed by atoms with van der Waals surface area (Å²) in [6.07, 6.45) is 0. The molecule has 1 aliphatic rings. The van der Waals surface area contributed by atoms with E-state index >= 15 is 0 Å². The molecule has 1 fully saturated rings. The van der Waals surface area contributed by atoms with Crippen molar-refractivity contribution >= 4 is 56.6 Å². The minimum absolute atomic E-state index is 0.117. The van der Waals surface area contributed by atoms with Crippen LogP contribution in [0.3, 0.4) is 0 Å². The van der Waals surface area contributed by atoms with Gasteiger partial charge in [0.15, 0.2) is 0 Å². The number of amides is 3. The number of fused-ring (bicyclic) bond motifs is 1. The molecule has 8 nitrogen and oxygen atoms in total. The van der Waals surface area contributed by atoms with Gasteiger partial charge in [-0.05, 0) is 29.0 Å². The van der Waals surface area contributed by atoms with Crippen LogP contribution in [0.15, 0.2) is 35.7 Å². The molecule has 29 heavy (non-hydrogen) atoms. The molecular formula is C19H18N4O4S2. The number of nitrogens with zero attached hydrogens (tertiary/aromatic N) is 3. The summed E-state index contributed by atoms with van der Waals surface area (Å²) in [5.41, 5.74) is 0.892.